The minimum Gasteiger partial charge on any atom is -0.298 e. The van der Waals surface area contributed by atoms with E-state index in [0.29, 0.717) is 15.7 Å². The lowest BCUT2D eigenvalue weighted by Crippen LogP contribution is -2.11. The average Bonchev–Trinajstić information content (AvgIpc) is 2.81. The second-order valence-electron chi connectivity index (χ2n) is 4.91. The predicted octanol–water partition coefficient (Wildman–Crippen LogP) is 4.82. The number of hydrogen-bond donors (Lipinski definition) is 1. The highest BCUT2D eigenvalue weighted by Crippen LogP contribution is 2.31. The Balaban J connectivity index is 1.91. The first-order valence-electron chi connectivity index (χ1n) is 6.47. The molecule has 0 aliphatic rings. The van der Waals surface area contributed by atoms with Gasteiger partial charge in [-0.3, -0.25) is 10.1 Å². The number of hydrogen-bond acceptors (Lipinski definition) is 3. The van der Waals surface area contributed by atoms with Crippen molar-refractivity contribution in [3.63, 3.8) is 0 Å². The maximum atomic E-state index is 12.2. The van der Waals surface area contributed by atoms with Crippen LogP contribution in [0.1, 0.15) is 21.5 Å². The van der Waals surface area contributed by atoms with Gasteiger partial charge in [-0.25, -0.2) is 4.98 Å². The van der Waals surface area contributed by atoms with Crippen molar-refractivity contribution in [1.82, 2.24) is 4.98 Å². The van der Waals surface area contributed by atoms with Gasteiger partial charge in [-0.15, -0.1) is 0 Å². The second-order valence-corrected chi connectivity index (χ2v) is 6.38. The number of thiazole rings is 1. The van der Waals surface area contributed by atoms with Gasteiger partial charge < -0.3 is 0 Å². The van der Waals surface area contributed by atoms with Crippen LogP contribution in [-0.4, -0.2) is 10.9 Å². The molecule has 0 aliphatic heterocycles. The van der Waals surface area contributed by atoms with Crippen molar-refractivity contribution in [3.8, 4) is 0 Å². The van der Waals surface area contributed by atoms with E-state index in [9.17, 15) is 4.79 Å². The van der Waals surface area contributed by atoms with Gasteiger partial charge >= 0.3 is 0 Å². The van der Waals surface area contributed by atoms with Crippen LogP contribution in [0.2, 0.25) is 5.02 Å². The number of nitrogens with one attached hydrogen (secondary N) is 1. The third kappa shape index (κ3) is 2.91. The fraction of sp³-hybridized carbons (Fsp3) is 0.125. The molecule has 106 valence electrons. The van der Waals surface area contributed by atoms with Gasteiger partial charge in [0.2, 0.25) is 0 Å². The molecule has 2 aromatic carbocycles. The first-order chi connectivity index (χ1) is 10.0. The number of anilines is 1. The summed E-state index contributed by atoms with van der Waals surface area (Å²) in [5.41, 5.74) is 3.56. The molecule has 0 atom stereocenters. The van der Waals surface area contributed by atoms with Gasteiger partial charge in [-0.05, 0) is 43.7 Å². The van der Waals surface area contributed by atoms with E-state index < -0.39 is 0 Å². The predicted molar refractivity (Wildman–Crippen MR) is 88.5 cm³/mol. The molecule has 0 bridgehead atoms. The van der Waals surface area contributed by atoms with E-state index >= 15 is 0 Å². The third-order valence-corrected chi connectivity index (χ3v) is 4.29. The van der Waals surface area contributed by atoms with Gasteiger partial charge in [0.15, 0.2) is 5.13 Å². The Morgan fingerprint density at radius 1 is 1.24 bits per heavy atom. The minimum atomic E-state index is -0.151. The van der Waals surface area contributed by atoms with E-state index in [0.717, 1.165) is 21.3 Å². The van der Waals surface area contributed by atoms with E-state index in [1.165, 1.54) is 11.3 Å². The van der Waals surface area contributed by atoms with Gasteiger partial charge in [0.05, 0.1) is 10.2 Å². The van der Waals surface area contributed by atoms with E-state index in [1.54, 1.807) is 6.07 Å². The van der Waals surface area contributed by atoms with Crippen molar-refractivity contribution in [3.05, 3.63) is 58.1 Å². The lowest BCUT2D eigenvalue weighted by Gasteiger charge is -2.02. The fourth-order valence-electron chi connectivity index (χ4n) is 2.16. The van der Waals surface area contributed by atoms with Crippen LogP contribution in [0, 0.1) is 13.8 Å². The third-order valence-electron chi connectivity index (χ3n) is 3.15. The number of carbonyl (C=O) groups is 1. The maximum Gasteiger partial charge on any atom is 0.257 e. The molecule has 1 N–H and O–H groups in total. The molecule has 0 saturated carbocycles. The van der Waals surface area contributed by atoms with Crippen LogP contribution >= 0.6 is 22.9 Å². The van der Waals surface area contributed by atoms with E-state index in [4.69, 9.17) is 11.6 Å². The molecular formula is C16H13ClN2OS. The Hall–Kier alpha value is -1.91. The monoisotopic (exact) mass is 316 g/mol. The van der Waals surface area contributed by atoms with Crippen LogP contribution < -0.4 is 5.32 Å². The highest BCUT2D eigenvalue weighted by Gasteiger charge is 2.11. The first kappa shape index (κ1) is 14.0. The number of fused-ring (bicyclic) bond motifs is 1. The molecule has 0 unspecified atom stereocenters. The second kappa shape index (κ2) is 5.47. The van der Waals surface area contributed by atoms with Crippen LogP contribution in [0.5, 0.6) is 0 Å². The number of benzene rings is 2. The largest absolute Gasteiger partial charge is 0.298 e. The van der Waals surface area contributed by atoms with Crippen LogP contribution in [0.15, 0.2) is 36.4 Å². The molecule has 1 amide bonds. The molecule has 0 radical (unpaired) electrons. The topological polar surface area (TPSA) is 42.0 Å². The molecule has 1 aromatic heterocycles. The van der Waals surface area contributed by atoms with Gasteiger partial charge in [0.1, 0.15) is 0 Å². The van der Waals surface area contributed by atoms with Crippen LogP contribution in [0.4, 0.5) is 5.13 Å². The molecule has 0 aliphatic carbocycles. The van der Waals surface area contributed by atoms with Gasteiger partial charge in [0, 0.05) is 10.6 Å². The molecule has 3 nitrogen and oxygen atoms in total. The number of amides is 1. The van der Waals surface area contributed by atoms with Gasteiger partial charge in [-0.1, -0.05) is 40.6 Å². The minimum absolute atomic E-state index is 0.151. The van der Waals surface area contributed by atoms with Crippen molar-refractivity contribution in [2.45, 2.75) is 13.8 Å². The molecule has 1 heterocycles. The zero-order valence-corrected chi connectivity index (χ0v) is 13.2. The highest BCUT2D eigenvalue weighted by molar-refractivity contribution is 7.22. The number of halogens is 1. The fourth-order valence-corrected chi connectivity index (χ4v) is 3.48. The number of nitrogens with zero attached hydrogens (tertiary/aromatic N) is 1. The van der Waals surface area contributed by atoms with E-state index in [-0.39, 0.29) is 5.91 Å². The van der Waals surface area contributed by atoms with E-state index in [2.05, 4.69) is 10.3 Å². The van der Waals surface area contributed by atoms with Crippen molar-refractivity contribution in [2.75, 3.05) is 5.32 Å². The molecule has 3 aromatic rings. The number of carbonyl (C=O) groups excluding carboxylic acids is 1. The molecule has 0 saturated heterocycles. The summed E-state index contributed by atoms with van der Waals surface area (Å²) in [6, 6.07) is 11.2. The molecule has 3 rings (SSSR count). The summed E-state index contributed by atoms with van der Waals surface area (Å²) < 4.78 is 0.972. The molecule has 0 fully saturated rings. The normalized spacial score (nSPS) is 10.8. The van der Waals surface area contributed by atoms with Crippen LogP contribution in [-0.2, 0) is 0 Å². The smallest absolute Gasteiger partial charge is 0.257 e. The Morgan fingerprint density at radius 3 is 2.81 bits per heavy atom. The molecular weight excluding hydrogens is 304 g/mol. The summed E-state index contributed by atoms with van der Waals surface area (Å²) >= 11 is 7.47. The summed E-state index contributed by atoms with van der Waals surface area (Å²) in [7, 11) is 0. The average molecular weight is 317 g/mol. The lowest BCUT2D eigenvalue weighted by atomic mass is 10.1. The Bertz CT molecular complexity index is 841. The van der Waals surface area contributed by atoms with Crippen molar-refractivity contribution in [1.29, 1.82) is 0 Å². The summed E-state index contributed by atoms with van der Waals surface area (Å²) in [5, 5.41) is 4.11. The molecule has 0 spiro atoms. The Morgan fingerprint density at radius 2 is 2.05 bits per heavy atom. The van der Waals surface area contributed by atoms with E-state index in [1.807, 2.05) is 44.2 Å². The molecule has 21 heavy (non-hydrogen) atoms. The number of aryl methyl sites for hydroxylation is 2. The maximum absolute atomic E-state index is 12.2. The van der Waals surface area contributed by atoms with Crippen molar-refractivity contribution in [2.24, 2.45) is 0 Å². The summed E-state index contributed by atoms with van der Waals surface area (Å²) in [6.07, 6.45) is 0. The van der Waals surface area contributed by atoms with Crippen molar-refractivity contribution >= 4 is 44.2 Å². The Labute approximate surface area is 131 Å². The number of aromatic nitrogens is 1. The summed E-state index contributed by atoms with van der Waals surface area (Å²) in [6.45, 7) is 3.92. The molecule has 5 heteroatoms. The lowest BCUT2D eigenvalue weighted by molar-refractivity contribution is 0.102. The number of rotatable bonds is 2. The van der Waals surface area contributed by atoms with Crippen LogP contribution in [0.25, 0.3) is 10.2 Å². The zero-order valence-electron chi connectivity index (χ0n) is 11.6. The van der Waals surface area contributed by atoms with Gasteiger partial charge in [-0.2, -0.15) is 0 Å². The van der Waals surface area contributed by atoms with Crippen LogP contribution in [0.3, 0.4) is 0 Å². The Kier molecular flexibility index (Phi) is 3.66. The first-order valence-corrected chi connectivity index (χ1v) is 7.67. The standard InChI is InChI=1S/C16H13ClN2OS/c1-9-4-3-5-11(6-9)15(20)19-16-18-14-10(2)7-12(17)8-13(14)21-16/h3-8H,1-2H3,(H,18,19,20). The SMILES string of the molecule is Cc1cccc(C(=O)Nc2nc3c(C)cc(Cl)cc3s2)c1. The van der Waals surface area contributed by atoms with Crippen molar-refractivity contribution < 1.29 is 4.79 Å². The zero-order chi connectivity index (χ0) is 15.0. The summed E-state index contributed by atoms with van der Waals surface area (Å²) in [4.78, 5) is 16.7. The van der Waals surface area contributed by atoms with Gasteiger partial charge in [0.25, 0.3) is 5.91 Å². The summed E-state index contributed by atoms with van der Waals surface area (Å²) in [5.74, 6) is -0.151. The highest BCUT2D eigenvalue weighted by atomic mass is 35.5. The quantitative estimate of drug-likeness (QED) is 0.736.